The number of carbonyl (C=O) groups excluding carboxylic acids is 1. The molecule has 0 unspecified atom stereocenters. The van der Waals surface area contributed by atoms with Crippen LogP contribution in [-0.2, 0) is 6.54 Å². The first-order valence-corrected chi connectivity index (χ1v) is 13.2. The molecule has 1 aromatic carbocycles. The van der Waals surface area contributed by atoms with Crippen molar-refractivity contribution < 1.29 is 14.6 Å². The number of aromatic nitrogens is 2. The summed E-state index contributed by atoms with van der Waals surface area (Å²) < 4.78 is 5.32. The van der Waals surface area contributed by atoms with Crippen LogP contribution >= 0.6 is 11.3 Å². The SMILES string of the molecule is COc1cccc(CNc2ncnc3sc(C(=O)N4CCC(N5CCC[C@H](O)C5)CC4)c(C)c23)c1. The number of nitrogens with zero attached hydrogens (tertiary/aromatic N) is 4. The van der Waals surface area contributed by atoms with Gasteiger partial charge in [-0.2, -0.15) is 0 Å². The van der Waals surface area contributed by atoms with E-state index in [-0.39, 0.29) is 12.0 Å². The highest BCUT2D eigenvalue weighted by atomic mass is 32.1. The first kappa shape index (κ1) is 24.0. The number of aryl methyl sites for hydroxylation is 1. The topological polar surface area (TPSA) is 90.8 Å². The van der Waals surface area contributed by atoms with E-state index in [0.29, 0.717) is 12.6 Å². The summed E-state index contributed by atoms with van der Waals surface area (Å²) in [6.07, 6.45) is 5.20. The van der Waals surface area contributed by atoms with Crippen molar-refractivity contribution in [2.24, 2.45) is 0 Å². The van der Waals surface area contributed by atoms with E-state index in [0.717, 1.165) is 89.7 Å². The van der Waals surface area contributed by atoms with Gasteiger partial charge in [0.25, 0.3) is 5.91 Å². The first-order valence-electron chi connectivity index (χ1n) is 12.4. The number of aliphatic hydroxyl groups is 1. The van der Waals surface area contributed by atoms with Crippen LogP contribution in [0.25, 0.3) is 10.2 Å². The van der Waals surface area contributed by atoms with Crippen molar-refractivity contribution in [2.75, 3.05) is 38.6 Å². The molecule has 4 heterocycles. The zero-order valence-corrected chi connectivity index (χ0v) is 21.2. The number of β-amino-alcohol motifs (C(OH)–C–C–N with tert-alkyl or cyclic N) is 1. The lowest BCUT2D eigenvalue weighted by molar-refractivity contribution is 0.0241. The monoisotopic (exact) mass is 495 g/mol. The Bertz CT molecular complexity index is 1190. The lowest BCUT2D eigenvalue weighted by Gasteiger charge is -2.41. The molecule has 186 valence electrons. The Balaban J connectivity index is 1.28. The van der Waals surface area contributed by atoms with Gasteiger partial charge in [0.2, 0.25) is 0 Å². The van der Waals surface area contributed by atoms with E-state index >= 15 is 0 Å². The average molecular weight is 496 g/mol. The van der Waals surface area contributed by atoms with E-state index in [1.165, 1.54) is 11.3 Å². The van der Waals surface area contributed by atoms with Crippen LogP contribution in [0.5, 0.6) is 5.75 Å². The molecule has 1 atom stereocenters. The number of ether oxygens (including phenoxy) is 1. The van der Waals surface area contributed by atoms with Crippen molar-refractivity contribution in [3.8, 4) is 5.75 Å². The number of hydrogen-bond donors (Lipinski definition) is 2. The second kappa shape index (κ2) is 10.5. The number of thiophene rings is 1. The number of anilines is 1. The zero-order valence-electron chi connectivity index (χ0n) is 20.4. The van der Waals surface area contributed by atoms with Crippen molar-refractivity contribution in [3.63, 3.8) is 0 Å². The molecular formula is C26H33N5O3S. The summed E-state index contributed by atoms with van der Waals surface area (Å²) in [5.41, 5.74) is 2.02. The first-order chi connectivity index (χ1) is 17.0. The largest absolute Gasteiger partial charge is 0.497 e. The van der Waals surface area contributed by atoms with Gasteiger partial charge in [0.15, 0.2) is 0 Å². The fraction of sp³-hybridized carbons (Fsp3) is 0.500. The molecule has 2 aliphatic heterocycles. The maximum absolute atomic E-state index is 13.5. The van der Waals surface area contributed by atoms with E-state index in [1.807, 2.05) is 36.1 Å². The second-order valence-corrected chi connectivity index (χ2v) is 10.5. The molecule has 2 saturated heterocycles. The third kappa shape index (κ3) is 5.12. The molecule has 0 saturated carbocycles. The number of benzene rings is 1. The molecule has 2 N–H and O–H groups in total. The van der Waals surface area contributed by atoms with Gasteiger partial charge < -0.3 is 20.1 Å². The van der Waals surface area contributed by atoms with Gasteiger partial charge in [-0.15, -0.1) is 11.3 Å². The molecule has 2 aliphatic rings. The van der Waals surface area contributed by atoms with Crippen molar-refractivity contribution in [1.29, 1.82) is 0 Å². The summed E-state index contributed by atoms with van der Waals surface area (Å²) in [4.78, 5) is 28.4. The van der Waals surface area contributed by atoms with Gasteiger partial charge in [0, 0.05) is 32.2 Å². The van der Waals surface area contributed by atoms with Crippen molar-refractivity contribution in [3.05, 3.63) is 46.6 Å². The minimum absolute atomic E-state index is 0.0846. The smallest absolute Gasteiger partial charge is 0.264 e. The number of nitrogens with one attached hydrogen (secondary N) is 1. The fourth-order valence-corrected chi connectivity index (χ4v) is 6.39. The molecule has 2 aromatic heterocycles. The normalized spacial score (nSPS) is 19.7. The number of amides is 1. The number of aliphatic hydroxyl groups excluding tert-OH is 1. The zero-order chi connectivity index (χ0) is 24.4. The molecule has 0 radical (unpaired) electrons. The molecule has 35 heavy (non-hydrogen) atoms. The number of methoxy groups -OCH3 is 1. The lowest BCUT2D eigenvalue weighted by Crippen LogP contribution is -2.50. The van der Waals surface area contributed by atoms with Gasteiger partial charge in [-0.25, -0.2) is 9.97 Å². The predicted molar refractivity (Wildman–Crippen MR) is 138 cm³/mol. The molecule has 8 nitrogen and oxygen atoms in total. The Morgan fingerprint density at radius 1 is 1.23 bits per heavy atom. The molecule has 0 bridgehead atoms. The van der Waals surface area contributed by atoms with Gasteiger partial charge in [-0.1, -0.05) is 12.1 Å². The number of rotatable bonds is 6. The molecule has 5 rings (SSSR count). The fourth-order valence-electron chi connectivity index (χ4n) is 5.27. The molecule has 9 heteroatoms. The quantitative estimate of drug-likeness (QED) is 0.539. The van der Waals surface area contributed by atoms with Crippen LogP contribution < -0.4 is 10.1 Å². The van der Waals surface area contributed by atoms with Gasteiger partial charge in [0.05, 0.1) is 23.5 Å². The van der Waals surface area contributed by atoms with E-state index in [9.17, 15) is 9.90 Å². The van der Waals surface area contributed by atoms with Crippen molar-refractivity contribution in [2.45, 2.75) is 51.3 Å². The molecule has 0 aliphatic carbocycles. The van der Waals surface area contributed by atoms with E-state index < -0.39 is 0 Å². The van der Waals surface area contributed by atoms with Crippen molar-refractivity contribution in [1.82, 2.24) is 19.8 Å². The third-order valence-electron chi connectivity index (χ3n) is 7.21. The standard InChI is InChI=1S/C26H33N5O3S/c1-17-22-24(27-14-18-5-3-7-21(13-18)34-2)28-16-29-25(22)35-23(17)26(33)30-11-8-19(9-12-30)31-10-4-6-20(32)15-31/h3,5,7,13,16,19-20,32H,4,6,8-12,14-15H2,1-2H3,(H,27,28,29)/t20-/m0/s1. The summed E-state index contributed by atoms with van der Waals surface area (Å²) in [5.74, 6) is 1.64. The van der Waals surface area contributed by atoms with Gasteiger partial charge in [0.1, 0.15) is 22.7 Å². The van der Waals surface area contributed by atoms with Crippen LogP contribution in [0.15, 0.2) is 30.6 Å². The second-order valence-electron chi connectivity index (χ2n) is 9.48. The van der Waals surface area contributed by atoms with Crippen LogP contribution in [0.3, 0.4) is 0 Å². The average Bonchev–Trinajstić information content (AvgIpc) is 3.24. The summed E-state index contributed by atoms with van der Waals surface area (Å²) in [5, 5.41) is 14.4. The van der Waals surface area contributed by atoms with Gasteiger partial charge in [-0.3, -0.25) is 9.69 Å². The Morgan fingerprint density at radius 3 is 2.83 bits per heavy atom. The Hall–Kier alpha value is -2.75. The van der Waals surface area contributed by atoms with Crippen LogP contribution in [0.1, 0.15) is 46.5 Å². The predicted octanol–water partition coefficient (Wildman–Crippen LogP) is 3.68. The molecular weight excluding hydrogens is 462 g/mol. The number of hydrogen-bond acceptors (Lipinski definition) is 8. The maximum atomic E-state index is 13.5. The number of piperidine rings is 2. The summed E-state index contributed by atoms with van der Waals surface area (Å²) in [6, 6.07) is 8.38. The Morgan fingerprint density at radius 2 is 2.06 bits per heavy atom. The van der Waals surface area contributed by atoms with Crippen LogP contribution in [-0.4, -0.2) is 76.2 Å². The van der Waals surface area contributed by atoms with Gasteiger partial charge in [-0.05, 0) is 62.4 Å². The van der Waals surface area contributed by atoms with Crippen LogP contribution in [0.4, 0.5) is 5.82 Å². The Kier molecular flexibility index (Phi) is 7.17. The highest BCUT2D eigenvalue weighted by Gasteiger charge is 2.31. The maximum Gasteiger partial charge on any atom is 0.264 e. The summed E-state index contributed by atoms with van der Waals surface area (Å²) >= 11 is 1.45. The molecule has 3 aromatic rings. The lowest BCUT2D eigenvalue weighted by atomic mass is 9.98. The number of carbonyl (C=O) groups is 1. The van der Waals surface area contributed by atoms with Crippen LogP contribution in [0, 0.1) is 6.92 Å². The Labute approximate surface area is 209 Å². The third-order valence-corrected chi connectivity index (χ3v) is 8.40. The molecule has 0 spiro atoms. The van der Waals surface area contributed by atoms with Gasteiger partial charge >= 0.3 is 0 Å². The minimum Gasteiger partial charge on any atom is -0.497 e. The van der Waals surface area contributed by atoms with E-state index in [2.05, 4.69) is 20.2 Å². The summed E-state index contributed by atoms with van der Waals surface area (Å²) in [6.45, 7) is 5.90. The van der Waals surface area contributed by atoms with E-state index in [4.69, 9.17) is 4.74 Å². The highest BCUT2D eigenvalue weighted by molar-refractivity contribution is 7.20. The molecule has 2 fully saturated rings. The summed E-state index contributed by atoms with van der Waals surface area (Å²) in [7, 11) is 1.66. The number of likely N-dealkylation sites (tertiary alicyclic amines) is 2. The highest BCUT2D eigenvalue weighted by Crippen LogP contribution is 2.35. The van der Waals surface area contributed by atoms with Crippen LogP contribution in [0.2, 0.25) is 0 Å². The van der Waals surface area contributed by atoms with Crippen molar-refractivity contribution >= 4 is 33.3 Å². The van der Waals surface area contributed by atoms with E-state index in [1.54, 1.807) is 13.4 Å². The minimum atomic E-state index is -0.211. The molecule has 1 amide bonds. The number of fused-ring (bicyclic) bond motifs is 1.